The van der Waals surface area contributed by atoms with Gasteiger partial charge < -0.3 is 5.73 Å². The number of rotatable bonds is 2. The smallest absolute Gasteiger partial charge is 0.0278 e. The SMILES string of the molecule is CC1CCN(C(C)(C)CN)C1C. The average molecular weight is 170 g/mol. The van der Waals surface area contributed by atoms with Crippen LogP contribution in [0.2, 0.25) is 0 Å². The predicted molar refractivity (Wildman–Crippen MR) is 53.1 cm³/mol. The van der Waals surface area contributed by atoms with Gasteiger partial charge in [-0.2, -0.15) is 0 Å². The van der Waals surface area contributed by atoms with E-state index in [4.69, 9.17) is 5.73 Å². The van der Waals surface area contributed by atoms with Crippen LogP contribution in [0.4, 0.5) is 0 Å². The molecular formula is C10H22N2. The molecule has 0 bridgehead atoms. The third-order valence-corrected chi connectivity index (χ3v) is 3.42. The fraction of sp³-hybridized carbons (Fsp3) is 1.00. The first-order chi connectivity index (χ1) is 5.49. The highest BCUT2D eigenvalue weighted by Crippen LogP contribution is 2.29. The number of nitrogens with zero attached hydrogens (tertiary/aromatic N) is 1. The molecule has 0 aromatic rings. The van der Waals surface area contributed by atoms with Gasteiger partial charge in [-0.25, -0.2) is 0 Å². The second-order valence-electron chi connectivity index (χ2n) is 4.72. The molecule has 0 radical (unpaired) electrons. The van der Waals surface area contributed by atoms with Crippen molar-refractivity contribution in [2.45, 2.75) is 45.7 Å². The quantitative estimate of drug-likeness (QED) is 0.679. The van der Waals surface area contributed by atoms with Crippen molar-refractivity contribution in [3.63, 3.8) is 0 Å². The molecule has 1 aliphatic heterocycles. The van der Waals surface area contributed by atoms with Crippen molar-refractivity contribution in [2.75, 3.05) is 13.1 Å². The van der Waals surface area contributed by atoms with Crippen LogP contribution in [0.15, 0.2) is 0 Å². The molecule has 2 heteroatoms. The zero-order valence-electron chi connectivity index (χ0n) is 8.80. The lowest BCUT2D eigenvalue weighted by Gasteiger charge is -2.38. The third-order valence-electron chi connectivity index (χ3n) is 3.42. The van der Waals surface area contributed by atoms with Gasteiger partial charge in [-0.15, -0.1) is 0 Å². The van der Waals surface area contributed by atoms with Crippen LogP contribution in [0.25, 0.3) is 0 Å². The standard InChI is InChI=1S/C10H22N2/c1-8-5-6-12(9(8)2)10(3,4)7-11/h8-9H,5-7,11H2,1-4H3. The number of hydrogen-bond donors (Lipinski definition) is 1. The Morgan fingerprint density at radius 3 is 2.33 bits per heavy atom. The van der Waals surface area contributed by atoms with Crippen molar-refractivity contribution in [1.82, 2.24) is 4.90 Å². The number of likely N-dealkylation sites (tertiary alicyclic amines) is 1. The van der Waals surface area contributed by atoms with Gasteiger partial charge in [0.15, 0.2) is 0 Å². The van der Waals surface area contributed by atoms with Crippen molar-refractivity contribution < 1.29 is 0 Å². The lowest BCUT2D eigenvalue weighted by atomic mass is 9.99. The number of nitrogens with two attached hydrogens (primary N) is 1. The van der Waals surface area contributed by atoms with E-state index >= 15 is 0 Å². The highest BCUT2D eigenvalue weighted by Gasteiger charge is 2.36. The third kappa shape index (κ3) is 1.64. The second-order valence-corrected chi connectivity index (χ2v) is 4.72. The molecule has 0 aromatic carbocycles. The molecule has 72 valence electrons. The molecule has 2 atom stereocenters. The van der Waals surface area contributed by atoms with Crippen LogP contribution in [0.5, 0.6) is 0 Å². The fourth-order valence-electron chi connectivity index (χ4n) is 2.07. The molecule has 2 unspecified atom stereocenters. The lowest BCUT2D eigenvalue weighted by Crippen LogP contribution is -2.51. The Balaban J connectivity index is 2.64. The van der Waals surface area contributed by atoms with Gasteiger partial charge in [-0.1, -0.05) is 6.92 Å². The van der Waals surface area contributed by atoms with E-state index in [0.29, 0.717) is 6.04 Å². The van der Waals surface area contributed by atoms with Gasteiger partial charge in [0.05, 0.1) is 0 Å². The molecule has 0 saturated carbocycles. The Bertz CT molecular complexity index is 154. The molecule has 0 aliphatic carbocycles. The van der Waals surface area contributed by atoms with E-state index in [2.05, 4.69) is 32.6 Å². The Kier molecular flexibility index (Phi) is 2.79. The van der Waals surface area contributed by atoms with E-state index in [1.807, 2.05) is 0 Å². The van der Waals surface area contributed by atoms with Crippen molar-refractivity contribution in [1.29, 1.82) is 0 Å². The van der Waals surface area contributed by atoms with Gasteiger partial charge in [-0.05, 0) is 39.7 Å². The minimum atomic E-state index is 0.185. The predicted octanol–water partition coefficient (Wildman–Crippen LogP) is 1.45. The average Bonchev–Trinajstić information content (AvgIpc) is 2.33. The second kappa shape index (κ2) is 3.35. The van der Waals surface area contributed by atoms with Crippen LogP contribution in [0.3, 0.4) is 0 Å². The molecule has 1 aliphatic rings. The molecule has 0 aromatic heterocycles. The topological polar surface area (TPSA) is 29.3 Å². The van der Waals surface area contributed by atoms with Gasteiger partial charge in [0.25, 0.3) is 0 Å². The highest BCUT2D eigenvalue weighted by atomic mass is 15.2. The Morgan fingerprint density at radius 1 is 1.42 bits per heavy atom. The monoisotopic (exact) mass is 170 g/mol. The molecule has 1 heterocycles. The molecule has 0 amide bonds. The molecule has 0 spiro atoms. The van der Waals surface area contributed by atoms with E-state index in [9.17, 15) is 0 Å². The maximum atomic E-state index is 5.75. The minimum absolute atomic E-state index is 0.185. The zero-order chi connectivity index (χ0) is 9.35. The van der Waals surface area contributed by atoms with E-state index in [0.717, 1.165) is 12.5 Å². The molecular weight excluding hydrogens is 148 g/mol. The summed E-state index contributed by atoms with van der Waals surface area (Å²) in [6, 6.07) is 0.698. The summed E-state index contributed by atoms with van der Waals surface area (Å²) in [6.45, 7) is 11.1. The van der Waals surface area contributed by atoms with E-state index in [1.165, 1.54) is 13.0 Å². The van der Waals surface area contributed by atoms with Crippen LogP contribution in [0.1, 0.15) is 34.1 Å². The van der Waals surface area contributed by atoms with E-state index in [1.54, 1.807) is 0 Å². The Morgan fingerprint density at radius 2 is 2.00 bits per heavy atom. The zero-order valence-corrected chi connectivity index (χ0v) is 8.80. The van der Waals surface area contributed by atoms with Gasteiger partial charge in [0.2, 0.25) is 0 Å². The van der Waals surface area contributed by atoms with Gasteiger partial charge in [-0.3, -0.25) is 4.90 Å². The summed E-state index contributed by atoms with van der Waals surface area (Å²) >= 11 is 0. The normalized spacial score (nSPS) is 32.8. The molecule has 12 heavy (non-hydrogen) atoms. The van der Waals surface area contributed by atoms with Crippen molar-refractivity contribution in [2.24, 2.45) is 11.7 Å². The van der Waals surface area contributed by atoms with Crippen molar-refractivity contribution in [3.05, 3.63) is 0 Å². The van der Waals surface area contributed by atoms with Gasteiger partial charge >= 0.3 is 0 Å². The first-order valence-corrected chi connectivity index (χ1v) is 4.96. The van der Waals surface area contributed by atoms with Crippen LogP contribution in [-0.2, 0) is 0 Å². The summed E-state index contributed by atoms with van der Waals surface area (Å²) in [5, 5.41) is 0. The van der Waals surface area contributed by atoms with Crippen molar-refractivity contribution in [3.8, 4) is 0 Å². The summed E-state index contributed by atoms with van der Waals surface area (Å²) in [4.78, 5) is 2.54. The van der Waals surface area contributed by atoms with E-state index in [-0.39, 0.29) is 5.54 Å². The molecule has 1 rings (SSSR count). The van der Waals surface area contributed by atoms with Crippen LogP contribution >= 0.6 is 0 Å². The summed E-state index contributed by atoms with van der Waals surface area (Å²) in [5.74, 6) is 0.829. The lowest BCUT2D eigenvalue weighted by molar-refractivity contribution is 0.110. The Labute approximate surface area is 76.1 Å². The van der Waals surface area contributed by atoms with Gasteiger partial charge in [0.1, 0.15) is 0 Å². The summed E-state index contributed by atoms with van der Waals surface area (Å²) < 4.78 is 0. The van der Waals surface area contributed by atoms with Crippen molar-refractivity contribution >= 4 is 0 Å². The summed E-state index contributed by atoms with van der Waals surface area (Å²) in [7, 11) is 0. The summed E-state index contributed by atoms with van der Waals surface area (Å²) in [5.41, 5.74) is 5.94. The largest absolute Gasteiger partial charge is 0.329 e. The summed E-state index contributed by atoms with van der Waals surface area (Å²) in [6.07, 6.45) is 1.32. The highest BCUT2D eigenvalue weighted by molar-refractivity contribution is 4.92. The molecule has 1 fully saturated rings. The van der Waals surface area contributed by atoms with E-state index < -0.39 is 0 Å². The van der Waals surface area contributed by atoms with Gasteiger partial charge in [0, 0.05) is 18.1 Å². The molecule has 1 saturated heterocycles. The van der Waals surface area contributed by atoms with Crippen LogP contribution in [0, 0.1) is 5.92 Å². The maximum Gasteiger partial charge on any atom is 0.0278 e. The first kappa shape index (κ1) is 10.0. The number of hydrogen-bond acceptors (Lipinski definition) is 2. The first-order valence-electron chi connectivity index (χ1n) is 4.96. The van der Waals surface area contributed by atoms with Crippen LogP contribution < -0.4 is 5.73 Å². The minimum Gasteiger partial charge on any atom is -0.329 e. The Hall–Kier alpha value is -0.0800. The fourth-order valence-corrected chi connectivity index (χ4v) is 2.07. The molecule has 2 nitrogen and oxygen atoms in total. The van der Waals surface area contributed by atoms with Crippen LogP contribution in [-0.4, -0.2) is 29.6 Å². The molecule has 2 N–H and O–H groups in total. The maximum absolute atomic E-state index is 5.75.